The number of benzene rings is 2. The third-order valence-electron chi connectivity index (χ3n) is 14.4. The first-order chi connectivity index (χ1) is 25.4. The van der Waals surface area contributed by atoms with Crippen molar-refractivity contribution in [2.24, 2.45) is 33.5 Å². The lowest BCUT2D eigenvalue weighted by Gasteiger charge is -2.71. The van der Waals surface area contributed by atoms with Gasteiger partial charge in [0.05, 0.1) is 44.6 Å². The van der Waals surface area contributed by atoms with Crippen molar-refractivity contribution < 1.29 is 42.4 Å². The van der Waals surface area contributed by atoms with E-state index in [0.29, 0.717) is 55.6 Å². The first-order valence-corrected chi connectivity index (χ1v) is 19.2. The number of hydrogen-bond acceptors (Lipinski definition) is 6. The van der Waals surface area contributed by atoms with Crippen LogP contribution < -0.4 is 14.8 Å². The van der Waals surface area contributed by atoms with E-state index in [9.17, 15) is 33.0 Å². The van der Waals surface area contributed by atoms with Crippen molar-refractivity contribution in [3.63, 3.8) is 0 Å². The molecule has 0 aromatic heterocycles. The molecule has 2 aromatic rings. The summed E-state index contributed by atoms with van der Waals surface area (Å²) < 4.78 is 52.8. The van der Waals surface area contributed by atoms with Crippen molar-refractivity contribution in [3.05, 3.63) is 83.0 Å². The Labute approximate surface area is 315 Å². The highest BCUT2D eigenvalue weighted by molar-refractivity contribution is 6.10. The Kier molecular flexibility index (Phi) is 9.36. The highest BCUT2D eigenvalue weighted by Gasteiger charge is 2.74. The summed E-state index contributed by atoms with van der Waals surface area (Å²) in [4.78, 5) is 30.4. The monoisotopic (exact) mass is 750 g/mol. The maximum absolute atomic E-state index is 14.8. The lowest BCUT2D eigenvalue weighted by Crippen LogP contribution is -2.67. The van der Waals surface area contributed by atoms with Crippen LogP contribution in [0.1, 0.15) is 94.1 Å². The number of nitrogens with one attached hydrogen (secondary N) is 1. The second kappa shape index (κ2) is 13.1. The number of allylic oxidation sites excluding steroid dienone is 4. The molecule has 3 N–H and O–H groups in total. The van der Waals surface area contributed by atoms with E-state index in [0.717, 1.165) is 24.1 Å². The van der Waals surface area contributed by atoms with Crippen molar-refractivity contribution >= 4 is 11.8 Å². The second-order valence-electron chi connectivity index (χ2n) is 17.4. The van der Waals surface area contributed by atoms with Crippen molar-refractivity contribution in [1.82, 2.24) is 10.2 Å². The number of ether oxygens (including phenoxy) is 2. The summed E-state index contributed by atoms with van der Waals surface area (Å²) in [5, 5.41) is 27.0. The largest absolute Gasteiger partial charge is 0.497 e. The maximum atomic E-state index is 14.8. The minimum Gasteiger partial charge on any atom is -0.497 e. The third-order valence-corrected chi connectivity index (χ3v) is 14.4. The van der Waals surface area contributed by atoms with Crippen LogP contribution in [0.15, 0.2) is 66.3 Å². The Balaban J connectivity index is 1.31. The summed E-state index contributed by atoms with van der Waals surface area (Å²) in [5.41, 5.74) is -3.64. The van der Waals surface area contributed by atoms with Crippen LogP contribution in [-0.4, -0.2) is 65.4 Å². The van der Waals surface area contributed by atoms with E-state index in [-0.39, 0.29) is 48.0 Å². The van der Waals surface area contributed by atoms with E-state index in [1.165, 1.54) is 12.1 Å². The van der Waals surface area contributed by atoms with Gasteiger partial charge in [0, 0.05) is 45.1 Å². The smallest absolute Gasteiger partial charge is 0.416 e. The van der Waals surface area contributed by atoms with Crippen LogP contribution in [0, 0.1) is 33.5 Å². The van der Waals surface area contributed by atoms with E-state index in [1.807, 2.05) is 26.0 Å². The number of hydrogen-bond donors (Lipinski definition) is 3. The van der Waals surface area contributed by atoms with Crippen molar-refractivity contribution in [2.45, 2.75) is 103 Å². The van der Waals surface area contributed by atoms with Gasteiger partial charge in [0.1, 0.15) is 11.5 Å². The van der Waals surface area contributed by atoms with Crippen LogP contribution in [0.25, 0.3) is 0 Å². The molecule has 2 spiro atoms. The Morgan fingerprint density at radius 3 is 2.35 bits per heavy atom. The van der Waals surface area contributed by atoms with E-state index < -0.39 is 45.5 Å². The normalized spacial score (nSPS) is 35.1. The Bertz CT molecular complexity index is 1890. The SMILES string of the molecule is COc1ccc(CN(CC2(O)CCC3C45C=CC6(C=C4C(=O)c4cccc(C(F)(F)F)c4)CC(O)CCC6(C)C5CCC32C)C(=O)NC(C)C)c(OC)c1. The lowest BCUT2D eigenvalue weighted by atomic mass is 9.32. The van der Waals surface area contributed by atoms with Crippen LogP contribution in [0.3, 0.4) is 0 Å². The van der Waals surface area contributed by atoms with Gasteiger partial charge in [-0.3, -0.25) is 4.79 Å². The van der Waals surface area contributed by atoms with E-state index in [1.54, 1.807) is 31.3 Å². The number of urea groups is 1. The molecule has 0 radical (unpaired) electrons. The molecule has 3 saturated carbocycles. The van der Waals surface area contributed by atoms with Crippen LogP contribution in [-0.2, 0) is 12.7 Å². The number of carbonyl (C=O) groups is 2. The zero-order valence-electron chi connectivity index (χ0n) is 32.1. The highest BCUT2D eigenvalue weighted by Crippen LogP contribution is 2.78. The lowest BCUT2D eigenvalue weighted by molar-refractivity contribution is -0.174. The Morgan fingerprint density at radius 1 is 0.963 bits per heavy atom. The quantitative estimate of drug-likeness (QED) is 0.177. The van der Waals surface area contributed by atoms with Gasteiger partial charge in [-0.1, -0.05) is 44.2 Å². The van der Waals surface area contributed by atoms with Gasteiger partial charge in [-0.15, -0.1) is 0 Å². The predicted octanol–water partition coefficient (Wildman–Crippen LogP) is 8.12. The van der Waals surface area contributed by atoms with E-state index in [2.05, 4.69) is 31.3 Å². The summed E-state index contributed by atoms with van der Waals surface area (Å²) in [7, 11) is 3.12. The number of aliphatic hydroxyl groups is 2. The van der Waals surface area contributed by atoms with Gasteiger partial charge < -0.3 is 29.9 Å². The number of rotatable bonds is 9. The average Bonchev–Trinajstić information content (AvgIpc) is 3.40. The molecule has 8 unspecified atom stereocenters. The van der Waals surface area contributed by atoms with Crippen molar-refractivity contribution in [2.75, 3.05) is 20.8 Å². The van der Waals surface area contributed by atoms with Crippen LogP contribution in [0.2, 0.25) is 0 Å². The molecule has 2 aromatic carbocycles. The number of ketones is 1. The van der Waals surface area contributed by atoms with Gasteiger partial charge in [0.15, 0.2) is 5.78 Å². The molecule has 292 valence electrons. The number of methoxy groups -OCH3 is 2. The predicted molar refractivity (Wildman–Crippen MR) is 198 cm³/mol. The molecule has 6 aliphatic carbocycles. The molecule has 11 heteroatoms. The highest BCUT2D eigenvalue weighted by atomic mass is 19.4. The Morgan fingerprint density at radius 2 is 1.67 bits per heavy atom. The number of halogens is 3. The standard InChI is InChI=1S/C43H53F3N2O6/c1-26(2)47-37(51)48(24-28-10-11-31(53-5)21-33(28)54-6)25-41(52)17-14-35-39(41,4)16-13-34-38(3)15-12-30(49)22-40(38)18-19-42(34,35)32(23-40)36(50)27-8-7-9-29(20-27)43(44,45)46/h7-11,18-21,23,26,30,34-35,49,52H,12-17,22,24-25H2,1-6H3,(H,47,51). The second-order valence-corrected chi connectivity index (χ2v) is 17.4. The minimum atomic E-state index is -4.61. The summed E-state index contributed by atoms with van der Waals surface area (Å²) in [6.45, 7) is 8.27. The first kappa shape index (κ1) is 38.4. The first-order valence-electron chi connectivity index (χ1n) is 19.2. The maximum Gasteiger partial charge on any atom is 0.416 e. The molecule has 0 aliphatic heterocycles. The van der Waals surface area contributed by atoms with Crippen LogP contribution >= 0.6 is 0 Å². The summed E-state index contributed by atoms with van der Waals surface area (Å²) in [6.07, 6.45) is 5.16. The molecule has 0 saturated heterocycles. The van der Waals surface area contributed by atoms with Gasteiger partial charge in [0.25, 0.3) is 0 Å². The Hall–Kier alpha value is -3.83. The molecule has 8 atom stereocenters. The number of aliphatic hydroxyl groups excluding tert-OH is 1. The van der Waals surface area contributed by atoms with Crippen molar-refractivity contribution in [1.29, 1.82) is 0 Å². The molecule has 2 bridgehead atoms. The summed E-state index contributed by atoms with van der Waals surface area (Å²) in [5.74, 6) is 0.419. The van der Waals surface area contributed by atoms with Gasteiger partial charge in [-0.2, -0.15) is 13.2 Å². The zero-order valence-corrected chi connectivity index (χ0v) is 32.1. The average molecular weight is 751 g/mol. The molecule has 54 heavy (non-hydrogen) atoms. The van der Waals surface area contributed by atoms with Crippen molar-refractivity contribution in [3.8, 4) is 11.5 Å². The van der Waals surface area contributed by atoms with E-state index in [4.69, 9.17) is 9.47 Å². The molecule has 6 aliphatic rings. The topological polar surface area (TPSA) is 108 Å². The van der Waals surface area contributed by atoms with E-state index >= 15 is 0 Å². The van der Waals surface area contributed by atoms with Crippen LogP contribution in [0.4, 0.5) is 18.0 Å². The fourth-order valence-electron chi connectivity index (χ4n) is 11.6. The summed E-state index contributed by atoms with van der Waals surface area (Å²) >= 11 is 0. The molecule has 2 amide bonds. The molecule has 3 fully saturated rings. The number of carbonyl (C=O) groups excluding carboxylic acids is 2. The number of nitrogens with zero attached hydrogens (tertiary/aromatic N) is 1. The van der Waals surface area contributed by atoms with Gasteiger partial charge in [0.2, 0.25) is 0 Å². The summed E-state index contributed by atoms with van der Waals surface area (Å²) in [6, 6.07) is 9.57. The number of amides is 2. The number of fused-ring (bicyclic) bond motifs is 1. The molecular formula is C43H53F3N2O6. The molecule has 0 heterocycles. The van der Waals surface area contributed by atoms with Crippen LogP contribution in [0.5, 0.6) is 11.5 Å². The van der Waals surface area contributed by atoms with Gasteiger partial charge in [-0.05, 0) is 100 Å². The minimum absolute atomic E-state index is 0.0201. The van der Waals surface area contributed by atoms with Gasteiger partial charge in [-0.25, -0.2) is 4.79 Å². The van der Waals surface area contributed by atoms with Gasteiger partial charge >= 0.3 is 12.2 Å². The zero-order chi connectivity index (χ0) is 39.1. The molecule has 8 rings (SSSR count). The fourth-order valence-corrected chi connectivity index (χ4v) is 11.6. The fraction of sp³-hybridized carbons (Fsp3) is 0.581. The third kappa shape index (κ3) is 5.70. The molecular weight excluding hydrogens is 697 g/mol. The molecule has 8 nitrogen and oxygen atoms in total. The number of Topliss-reactive ketones (excluding diaryl/α,β-unsaturated/α-hetero) is 1. The number of alkyl halides is 3.